The number of rotatable bonds is 10. The third kappa shape index (κ3) is 10.9. The number of aromatic amines is 1. The number of nitrogens with zero attached hydrogens (tertiary/aromatic N) is 2. The van der Waals surface area contributed by atoms with Gasteiger partial charge in [-0.3, -0.25) is 14.1 Å². The van der Waals surface area contributed by atoms with Gasteiger partial charge in [0.25, 0.3) is 20.2 Å². The molecule has 0 aliphatic carbocycles. The summed E-state index contributed by atoms with van der Waals surface area (Å²) in [6, 6.07) is 10.7. The highest BCUT2D eigenvalue weighted by Gasteiger charge is 2.16. The summed E-state index contributed by atoms with van der Waals surface area (Å²) in [6.07, 6.45) is 0.177. The first-order valence-electron chi connectivity index (χ1n) is 10.2. The number of nitrogens with two attached hydrogens (primary N) is 1. The standard InChI is InChI=1S/C19H21N5O7S3.O3S/c20-14-11-13(6-7-15(14)32-8-3-9-33(26,27)28)21-18-22-17(23-19(25)24-18)10-12-4-1-2-5-16(12)34(29,30)31;1-4(2)3/h1-2,4-7,11H,3,8-10,20H2,(H,26,27,28)(H,29,30,31)(H2,21,22,23,24,25);. The van der Waals surface area contributed by atoms with Crippen LogP contribution in [0.25, 0.3) is 0 Å². The molecule has 1 aromatic heterocycles. The smallest absolute Gasteiger partial charge is 0.398 e. The van der Waals surface area contributed by atoms with Crippen LogP contribution in [0.2, 0.25) is 0 Å². The summed E-state index contributed by atoms with van der Waals surface area (Å²) in [7, 11) is -11.6. The summed E-state index contributed by atoms with van der Waals surface area (Å²) in [5.74, 6) is 0.173. The summed E-state index contributed by atoms with van der Waals surface area (Å²) >= 11 is 1.33. The number of hydrogen-bond acceptors (Lipinski definition) is 13. The first-order chi connectivity index (χ1) is 17.6. The number of hydrogen-bond donors (Lipinski definition) is 5. The SMILES string of the molecule is Nc1cc(Nc2nc(Cc3ccccc3S(=O)(=O)O)[nH]c(=O)n2)ccc1SCCCS(=O)(=O)O.O=S(=O)=O. The molecule has 19 heteroatoms. The molecule has 0 aliphatic heterocycles. The molecular formula is C19H21N5O10S4. The second kappa shape index (κ2) is 13.4. The maximum atomic E-state index is 12.0. The number of benzene rings is 2. The molecule has 2 aromatic carbocycles. The van der Waals surface area contributed by atoms with Crippen LogP contribution < -0.4 is 16.7 Å². The first-order valence-corrected chi connectivity index (χ1v) is 15.2. The van der Waals surface area contributed by atoms with Crippen molar-refractivity contribution >= 4 is 59.9 Å². The Bertz CT molecular complexity index is 1670. The van der Waals surface area contributed by atoms with Gasteiger partial charge in [0.05, 0.1) is 10.6 Å². The van der Waals surface area contributed by atoms with E-state index < -0.39 is 36.5 Å². The monoisotopic (exact) mass is 607 g/mol. The summed E-state index contributed by atoms with van der Waals surface area (Å²) in [4.78, 5) is 22.8. The Morgan fingerprint density at radius 1 is 1.03 bits per heavy atom. The lowest BCUT2D eigenvalue weighted by molar-refractivity contribution is 0.480. The molecule has 38 heavy (non-hydrogen) atoms. The summed E-state index contributed by atoms with van der Waals surface area (Å²) in [5, 5.41) is 2.86. The highest BCUT2D eigenvalue weighted by molar-refractivity contribution is 7.99. The van der Waals surface area contributed by atoms with Crippen LogP contribution in [0.4, 0.5) is 17.3 Å². The molecule has 0 unspecified atom stereocenters. The summed E-state index contributed by atoms with van der Waals surface area (Å²) in [5.41, 5.74) is 6.45. The van der Waals surface area contributed by atoms with Gasteiger partial charge >= 0.3 is 16.3 Å². The van der Waals surface area contributed by atoms with E-state index in [1.54, 1.807) is 24.3 Å². The minimum absolute atomic E-state index is 0.0453. The molecule has 1 heterocycles. The predicted octanol–water partition coefficient (Wildman–Crippen LogP) is 0.694. The zero-order valence-corrected chi connectivity index (χ0v) is 22.4. The molecule has 0 aliphatic rings. The van der Waals surface area contributed by atoms with Crippen molar-refractivity contribution in [2.45, 2.75) is 22.6 Å². The fourth-order valence-electron chi connectivity index (χ4n) is 2.96. The van der Waals surface area contributed by atoms with Crippen molar-refractivity contribution in [2.24, 2.45) is 0 Å². The average molecular weight is 608 g/mol. The van der Waals surface area contributed by atoms with Crippen molar-refractivity contribution in [3.63, 3.8) is 0 Å². The van der Waals surface area contributed by atoms with Crippen LogP contribution in [-0.4, -0.2) is 65.0 Å². The number of nitrogens with one attached hydrogen (secondary N) is 2. The largest absolute Gasteiger partial charge is 0.425 e. The lowest BCUT2D eigenvalue weighted by atomic mass is 10.1. The van der Waals surface area contributed by atoms with Crippen molar-refractivity contribution in [3.8, 4) is 0 Å². The minimum atomic E-state index is -4.46. The highest BCUT2D eigenvalue weighted by atomic mass is 32.2. The lowest BCUT2D eigenvalue weighted by Crippen LogP contribution is -2.18. The molecule has 0 saturated heterocycles. The van der Waals surface area contributed by atoms with Gasteiger partial charge in [-0.1, -0.05) is 18.2 Å². The van der Waals surface area contributed by atoms with Crippen LogP contribution in [0.15, 0.2) is 57.1 Å². The zero-order chi connectivity index (χ0) is 28.5. The third-order valence-corrected chi connectivity index (χ3v) is 7.31. The van der Waals surface area contributed by atoms with Gasteiger partial charge in [0.15, 0.2) is 0 Å². The van der Waals surface area contributed by atoms with Crippen LogP contribution in [-0.2, 0) is 37.3 Å². The molecule has 0 amide bonds. The Hall–Kier alpha value is -3.36. The number of thioether (sulfide) groups is 1. The van der Waals surface area contributed by atoms with Crippen molar-refractivity contribution in [2.75, 3.05) is 22.6 Å². The van der Waals surface area contributed by atoms with Gasteiger partial charge in [0.1, 0.15) is 5.82 Å². The third-order valence-electron chi connectivity index (χ3n) is 4.38. The van der Waals surface area contributed by atoms with Gasteiger partial charge in [0, 0.05) is 22.7 Å². The lowest BCUT2D eigenvalue weighted by Gasteiger charge is -2.10. The van der Waals surface area contributed by atoms with E-state index in [9.17, 15) is 26.2 Å². The Balaban J connectivity index is 0.00000118. The molecule has 0 spiro atoms. The van der Waals surface area contributed by atoms with E-state index in [0.29, 0.717) is 22.0 Å². The van der Waals surface area contributed by atoms with E-state index in [2.05, 4.69) is 20.3 Å². The van der Waals surface area contributed by atoms with Crippen molar-refractivity contribution < 1.29 is 38.6 Å². The molecule has 0 fully saturated rings. The van der Waals surface area contributed by atoms with E-state index in [1.807, 2.05) is 0 Å². The average Bonchev–Trinajstić information content (AvgIpc) is 2.76. The van der Waals surface area contributed by atoms with Crippen LogP contribution in [0.1, 0.15) is 17.8 Å². The zero-order valence-electron chi connectivity index (χ0n) is 19.1. The molecule has 3 aromatic rings. The predicted molar refractivity (Wildman–Crippen MR) is 137 cm³/mol. The fourth-order valence-corrected chi connectivity index (χ4v) is 5.27. The van der Waals surface area contributed by atoms with Gasteiger partial charge < -0.3 is 11.1 Å². The van der Waals surface area contributed by atoms with Gasteiger partial charge in [-0.2, -0.15) is 26.8 Å². The van der Waals surface area contributed by atoms with Crippen LogP contribution in [0, 0.1) is 0 Å². The molecular weight excluding hydrogens is 587 g/mol. The summed E-state index contributed by atoms with van der Waals surface area (Å²) in [6.45, 7) is 0. The van der Waals surface area contributed by atoms with E-state index in [0.717, 1.165) is 0 Å². The Morgan fingerprint density at radius 2 is 1.68 bits per heavy atom. The van der Waals surface area contributed by atoms with Gasteiger partial charge in [-0.25, -0.2) is 4.79 Å². The van der Waals surface area contributed by atoms with Crippen LogP contribution in [0.5, 0.6) is 0 Å². The minimum Gasteiger partial charge on any atom is -0.398 e. The molecule has 3 rings (SSSR count). The molecule has 15 nitrogen and oxygen atoms in total. The maximum Gasteiger partial charge on any atom is 0.425 e. The number of nitrogen functional groups attached to an aromatic ring is 1. The van der Waals surface area contributed by atoms with E-state index in [4.69, 9.17) is 22.9 Å². The number of anilines is 3. The molecule has 206 valence electrons. The topological polar surface area (TPSA) is 257 Å². The molecule has 0 bridgehead atoms. The van der Waals surface area contributed by atoms with Crippen LogP contribution in [0.3, 0.4) is 0 Å². The van der Waals surface area contributed by atoms with E-state index in [1.165, 1.54) is 30.0 Å². The number of aromatic nitrogens is 3. The summed E-state index contributed by atoms with van der Waals surface area (Å²) < 4.78 is 88.3. The van der Waals surface area contributed by atoms with Crippen LogP contribution >= 0.6 is 11.8 Å². The quantitative estimate of drug-likeness (QED) is 0.0919. The molecule has 0 atom stereocenters. The van der Waals surface area contributed by atoms with E-state index in [-0.39, 0.29) is 40.8 Å². The highest BCUT2D eigenvalue weighted by Crippen LogP contribution is 2.29. The Labute approximate surface area is 222 Å². The van der Waals surface area contributed by atoms with E-state index >= 15 is 0 Å². The molecule has 0 radical (unpaired) electrons. The fraction of sp³-hybridized carbons (Fsp3) is 0.211. The van der Waals surface area contributed by atoms with Gasteiger partial charge in [-0.05, 0) is 42.0 Å². The van der Waals surface area contributed by atoms with Gasteiger partial charge in [-0.15, -0.1) is 24.4 Å². The Kier molecular flexibility index (Phi) is 10.9. The van der Waals surface area contributed by atoms with Crippen molar-refractivity contribution in [1.29, 1.82) is 0 Å². The first kappa shape index (κ1) is 30.9. The normalized spacial score (nSPS) is 11.3. The second-order valence-corrected chi connectivity index (χ2v) is 11.8. The molecule has 0 saturated carbocycles. The second-order valence-electron chi connectivity index (χ2n) is 7.25. The van der Waals surface area contributed by atoms with Gasteiger partial charge in [0.2, 0.25) is 5.95 Å². The Morgan fingerprint density at radius 3 is 2.29 bits per heavy atom. The number of H-pyrrole nitrogens is 1. The van der Waals surface area contributed by atoms with Crippen molar-refractivity contribution in [1.82, 2.24) is 15.0 Å². The van der Waals surface area contributed by atoms with Crippen molar-refractivity contribution in [3.05, 3.63) is 64.3 Å². The maximum absolute atomic E-state index is 12.0. The molecule has 6 N–H and O–H groups in total.